The molecule has 0 N–H and O–H groups in total. The maximum absolute atomic E-state index is 12.5. The van der Waals surface area contributed by atoms with Gasteiger partial charge in [-0.1, -0.05) is 23.7 Å². The quantitative estimate of drug-likeness (QED) is 0.785. The Balaban J connectivity index is 1.69. The second-order valence-electron chi connectivity index (χ2n) is 5.94. The molecular formula is C16H18ClN3O3. The number of hydrogen-bond donors (Lipinski definition) is 0. The monoisotopic (exact) mass is 335 g/mol. The molecule has 122 valence electrons. The molecule has 2 heterocycles. The third-order valence-electron chi connectivity index (χ3n) is 4.33. The predicted molar refractivity (Wildman–Crippen MR) is 84.9 cm³/mol. The summed E-state index contributed by atoms with van der Waals surface area (Å²) in [5, 5.41) is 0.592. The molecule has 1 aromatic carbocycles. The third-order valence-corrected chi connectivity index (χ3v) is 4.57. The van der Waals surface area contributed by atoms with Crippen molar-refractivity contribution in [2.75, 3.05) is 33.2 Å². The zero-order valence-corrected chi connectivity index (χ0v) is 13.6. The Morgan fingerprint density at radius 1 is 1.30 bits per heavy atom. The summed E-state index contributed by atoms with van der Waals surface area (Å²) in [7, 11) is 1.62. The number of benzene rings is 1. The minimum absolute atomic E-state index is 0.0552. The van der Waals surface area contributed by atoms with E-state index in [1.54, 1.807) is 35.0 Å². The molecule has 0 aliphatic carbocycles. The lowest BCUT2D eigenvalue weighted by Crippen LogP contribution is -2.66. The fourth-order valence-corrected chi connectivity index (χ4v) is 3.29. The van der Waals surface area contributed by atoms with Crippen LogP contribution < -0.4 is 0 Å². The van der Waals surface area contributed by atoms with E-state index in [0.29, 0.717) is 18.1 Å². The van der Waals surface area contributed by atoms with E-state index in [1.807, 2.05) is 6.07 Å². The maximum atomic E-state index is 12.5. The van der Waals surface area contributed by atoms with Gasteiger partial charge in [-0.05, 0) is 17.7 Å². The molecule has 23 heavy (non-hydrogen) atoms. The summed E-state index contributed by atoms with van der Waals surface area (Å²) in [5.74, 6) is -0.218. The summed E-state index contributed by atoms with van der Waals surface area (Å²) < 4.78 is 0. The van der Waals surface area contributed by atoms with E-state index in [1.165, 1.54) is 4.90 Å². The van der Waals surface area contributed by atoms with Gasteiger partial charge in [0.15, 0.2) is 0 Å². The average molecular weight is 336 g/mol. The molecule has 0 saturated carbocycles. The average Bonchev–Trinajstić information content (AvgIpc) is 2.52. The Bertz CT molecular complexity index is 664. The molecule has 2 aliphatic rings. The number of piperazine rings is 2. The van der Waals surface area contributed by atoms with E-state index in [-0.39, 0.29) is 37.2 Å². The van der Waals surface area contributed by atoms with Crippen LogP contribution in [0.2, 0.25) is 5.02 Å². The van der Waals surface area contributed by atoms with Crippen LogP contribution in [0.3, 0.4) is 0 Å². The van der Waals surface area contributed by atoms with Crippen LogP contribution in [0.4, 0.5) is 0 Å². The van der Waals surface area contributed by atoms with Crippen molar-refractivity contribution in [2.24, 2.45) is 0 Å². The first kappa shape index (κ1) is 15.8. The molecule has 0 unspecified atom stereocenters. The van der Waals surface area contributed by atoms with Crippen molar-refractivity contribution in [2.45, 2.75) is 12.5 Å². The van der Waals surface area contributed by atoms with E-state index in [0.717, 1.165) is 5.56 Å². The van der Waals surface area contributed by atoms with Crippen molar-refractivity contribution in [1.29, 1.82) is 0 Å². The first-order valence-electron chi connectivity index (χ1n) is 7.52. The Hall–Kier alpha value is -2.08. The minimum Gasteiger partial charge on any atom is -0.338 e. The second kappa shape index (κ2) is 6.20. The second-order valence-corrected chi connectivity index (χ2v) is 6.38. The van der Waals surface area contributed by atoms with Crippen molar-refractivity contribution in [3.05, 3.63) is 34.9 Å². The molecule has 3 rings (SSSR count). The summed E-state index contributed by atoms with van der Waals surface area (Å²) in [5.41, 5.74) is 0.841. The Kier molecular flexibility index (Phi) is 4.26. The van der Waals surface area contributed by atoms with E-state index in [4.69, 9.17) is 11.6 Å². The molecule has 2 aliphatic heterocycles. The number of carbonyl (C=O) groups is 3. The lowest BCUT2D eigenvalue weighted by Gasteiger charge is -2.45. The zero-order chi connectivity index (χ0) is 16.6. The highest BCUT2D eigenvalue weighted by atomic mass is 35.5. The number of hydrogen-bond acceptors (Lipinski definition) is 3. The van der Waals surface area contributed by atoms with Crippen molar-refractivity contribution in [1.82, 2.24) is 14.7 Å². The molecular weight excluding hydrogens is 318 g/mol. The smallest absolute Gasteiger partial charge is 0.247 e. The van der Waals surface area contributed by atoms with Crippen LogP contribution in [0.15, 0.2) is 24.3 Å². The molecule has 0 bridgehead atoms. The Labute approximate surface area is 139 Å². The SMILES string of the molecule is CN1CC(=O)N2CCN(C(=O)Cc3cccc(Cl)c3)C[C@@H]2C1=O. The largest absolute Gasteiger partial charge is 0.338 e. The fourth-order valence-electron chi connectivity index (χ4n) is 3.08. The number of nitrogens with zero attached hydrogens (tertiary/aromatic N) is 3. The number of likely N-dealkylation sites (N-methyl/N-ethyl adjacent to an activating group) is 1. The van der Waals surface area contributed by atoms with Gasteiger partial charge in [0, 0.05) is 25.2 Å². The molecule has 0 radical (unpaired) electrons. The van der Waals surface area contributed by atoms with Gasteiger partial charge in [0.05, 0.1) is 19.5 Å². The number of carbonyl (C=O) groups excluding carboxylic acids is 3. The number of fused-ring (bicyclic) bond motifs is 1. The lowest BCUT2D eigenvalue weighted by molar-refractivity contribution is -0.160. The highest BCUT2D eigenvalue weighted by molar-refractivity contribution is 6.30. The first-order chi connectivity index (χ1) is 11.0. The number of rotatable bonds is 2. The summed E-state index contributed by atoms with van der Waals surface area (Å²) in [6.07, 6.45) is 0.241. The van der Waals surface area contributed by atoms with Gasteiger partial charge in [-0.3, -0.25) is 14.4 Å². The lowest BCUT2D eigenvalue weighted by atomic mass is 10.1. The van der Waals surface area contributed by atoms with Crippen molar-refractivity contribution in [3.8, 4) is 0 Å². The van der Waals surface area contributed by atoms with Gasteiger partial charge in [0.25, 0.3) is 0 Å². The van der Waals surface area contributed by atoms with E-state index >= 15 is 0 Å². The molecule has 2 saturated heterocycles. The molecule has 3 amide bonds. The normalized spacial score (nSPS) is 21.5. The van der Waals surface area contributed by atoms with Crippen molar-refractivity contribution >= 4 is 29.3 Å². The fraction of sp³-hybridized carbons (Fsp3) is 0.438. The van der Waals surface area contributed by atoms with Gasteiger partial charge < -0.3 is 14.7 Å². The van der Waals surface area contributed by atoms with Gasteiger partial charge in [-0.25, -0.2) is 0 Å². The van der Waals surface area contributed by atoms with Gasteiger partial charge in [0.2, 0.25) is 17.7 Å². The van der Waals surface area contributed by atoms with Gasteiger partial charge in [-0.15, -0.1) is 0 Å². The molecule has 6 nitrogen and oxygen atoms in total. The zero-order valence-electron chi connectivity index (χ0n) is 12.9. The van der Waals surface area contributed by atoms with Crippen LogP contribution in [-0.4, -0.2) is 71.7 Å². The summed E-state index contributed by atoms with van der Waals surface area (Å²) in [6, 6.07) is 6.62. The van der Waals surface area contributed by atoms with Crippen LogP contribution in [0.5, 0.6) is 0 Å². The first-order valence-corrected chi connectivity index (χ1v) is 7.90. The van der Waals surface area contributed by atoms with Crippen LogP contribution in [0, 0.1) is 0 Å². The van der Waals surface area contributed by atoms with E-state index in [9.17, 15) is 14.4 Å². The molecule has 2 fully saturated rings. The van der Waals surface area contributed by atoms with Crippen LogP contribution >= 0.6 is 11.6 Å². The van der Waals surface area contributed by atoms with Crippen molar-refractivity contribution < 1.29 is 14.4 Å². The molecule has 1 atom stereocenters. The molecule has 0 aromatic heterocycles. The maximum Gasteiger partial charge on any atom is 0.247 e. The molecule has 0 spiro atoms. The summed E-state index contributed by atoms with van der Waals surface area (Å²) in [6.45, 7) is 1.24. The highest BCUT2D eigenvalue weighted by Crippen LogP contribution is 2.18. The van der Waals surface area contributed by atoms with Crippen molar-refractivity contribution in [3.63, 3.8) is 0 Å². The van der Waals surface area contributed by atoms with Crippen LogP contribution in [0.1, 0.15) is 5.56 Å². The molecule has 7 heteroatoms. The summed E-state index contributed by atoms with van der Waals surface area (Å²) in [4.78, 5) is 41.4. The van der Waals surface area contributed by atoms with E-state index < -0.39 is 6.04 Å². The van der Waals surface area contributed by atoms with Gasteiger partial charge >= 0.3 is 0 Å². The van der Waals surface area contributed by atoms with Crippen LogP contribution in [0.25, 0.3) is 0 Å². The van der Waals surface area contributed by atoms with Gasteiger partial charge in [0.1, 0.15) is 6.04 Å². The van der Waals surface area contributed by atoms with E-state index in [2.05, 4.69) is 0 Å². The third kappa shape index (κ3) is 3.17. The Morgan fingerprint density at radius 3 is 2.83 bits per heavy atom. The Morgan fingerprint density at radius 2 is 2.09 bits per heavy atom. The number of halogens is 1. The molecule has 1 aromatic rings. The van der Waals surface area contributed by atoms with Crippen LogP contribution in [-0.2, 0) is 20.8 Å². The minimum atomic E-state index is -0.557. The predicted octanol–water partition coefficient (Wildman–Crippen LogP) is 0.394. The summed E-state index contributed by atoms with van der Waals surface area (Å²) >= 11 is 5.94. The highest BCUT2D eigenvalue weighted by Gasteiger charge is 2.42. The topological polar surface area (TPSA) is 60.9 Å². The standard InChI is InChI=1S/C16H18ClN3O3/c1-18-10-15(22)20-6-5-19(9-13(20)16(18)23)14(21)8-11-3-2-4-12(17)7-11/h2-4,7,13H,5-6,8-10H2,1H3/t13-/m1/s1. The number of amides is 3. The van der Waals surface area contributed by atoms with Gasteiger partial charge in [-0.2, -0.15) is 0 Å².